The normalized spacial score (nSPS) is 11.5. The van der Waals surface area contributed by atoms with Gasteiger partial charge in [-0.1, -0.05) is 115 Å². The van der Waals surface area contributed by atoms with E-state index in [0.717, 1.165) is 39.1 Å². The molecule has 0 bridgehead atoms. The van der Waals surface area contributed by atoms with Gasteiger partial charge in [-0.25, -0.2) is 15.0 Å². The zero-order chi connectivity index (χ0) is 31.3. The number of hydrogen-bond donors (Lipinski definition) is 0. The van der Waals surface area contributed by atoms with Crippen LogP contribution in [0, 0.1) is 6.92 Å². The Labute approximate surface area is 272 Å². The summed E-state index contributed by atoms with van der Waals surface area (Å²) in [5, 5.41) is 7.55. The van der Waals surface area contributed by atoms with E-state index in [2.05, 4.69) is 90.8 Å². The minimum Gasteiger partial charge on any atom is -0.261 e. The average molecular weight is 601 g/mol. The van der Waals surface area contributed by atoms with Gasteiger partial charge in [-0.15, -0.1) is 0 Å². The van der Waals surface area contributed by atoms with Gasteiger partial charge >= 0.3 is 0 Å². The maximum atomic E-state index is 5.09. The van der Waals surface area contributed by atoms with E-state index in [1.165, 1.54) is 37.9 Å². The van der Waals surface area contributed by atoms with Gasteiger partial charge in [-0.2, -0.15) is 0 Å². The van der Waals surface area contributed by atoms with E-state index < -0.39 is 0 Å². The fraction of sp³-hybridized carbons (Fsp3) is 0.0233. The average Bonchev–Trinajstić information content (AvgIpc) is 3.14. The fourth-order valence-corrected chi connectivity index (χ4v) is 6.80. The molecule has 0 aliphatic heterocycles. The van der Waals surface area contributed by atoms with Crippen molar-refractivity contribution >= 4 is 32.3 Å². The maximum Gasteiger partial charge on any atom is 0.164 e. The molecule has 0 saturated heterocycles. The summed E-state index contributed by atoms with van der Waals surface area (Å²) in [6, 6.07) is 51.0. The number of hydrogen-bond acceptors (Lipinski definition) is 4. The Bertz CT molecular complexity index is 2520. The molecule has 0 radical (unpaired) electrons. The summed E-state index contributed by atoms with van der Waals surface area (Å²) in [6.07, 6.45) is 1.84. The van der Waals surface area contributed by atoms with Crippen LogP contribution in [0.2, 0.25) is 0 Å². The smallest absolute Gasteiger partial charge is 0.164 e. The highest BCUT2D eigenvalue weighted by atomic mass is 15.0. The van der Waals surface area contributed by atoms with Crippen molar-refractivity contribution < 1.29 is 0 Å². The summed E-state index contributed by atoms with van der Waals surface area (Å²) in [5.74, 6) is 1.90. The van der Waals surface area contributed by atoms with Gasteiger partial charge in [0.1, 0.15) is 0 Å². The maximum absolute atomic E-state index is 5.09. The Balaban J connectivity index is 1.34. The molecule has 9 aromatic rings. The molecule has 4 nitrogen and oxygen atoms in total. The van der Waals surface area contributed by atoms with E-state index in [1.54, 1.807) is 0 Å². The first-order valence-corrected chi connectivity index (χ1v) is 15.8. The minimum atomic E-state index is 0.625. The van der Waals surface area contributed by atoms with Gasteiger partial charge in [0.25, 0.3) is 0 Å². The second-order valence-corrected chi connectivity index (χ2v) is 11.9. The zero-order valence-electron chi connectivity index (χ0n) is 25.7. The SMILES string of the molecule is Cc1ncccc1-c1cc(-c2nc(-c3ccccc3)nc(-c3ccccc3)n2)cc(-c2cc3cccc4ccc5cccc2c5c43)c1. The number of pyridine rings is 1. The molecule has 0 N–H and O–H groups in total. The van der Waals surface area contributed by atoms with Gasteiger partial charge in [-0.05, 0) is 86.3 Å². The highest BCUT2D eigenvalue weighted by molar-refractivity contribution is 6.26. The molecular formula is C43H28N4. The molecule has 0 amide bonds. The van der Waals surface area contributed by atoms with E-state index in [1.807, 2.05) is 72.9 Å². The summed E-state index contributed by atoms with van der Waals surface area (Å²) in [5.41, 5.74) is 8.19. The van der Waals surface area contributed by atoms with Crippen LogP contribution in [0.1, 0.15) is 5.69 Å². The van der Waals surface area contributed by atoms with Crippen molar-refractivity contribution in [2.75, 3.05) is 0 Å². The first-order chi connectivity index (χ1) is 23.2. The summed E-state index contributed by atoms with van der Waals surface area (Å²) < 4.78 is 0. The van der Waals surface area contributed by atoms with Crippen molar-refractivity contribution in [3.05, 3.63) is 157 Å². The summed E-state index contributed by atoms with van der Waals surface area (Å²) >= 11 is 0. The first kappa shape index (κ1) is 27.1. The Hall–Kier alpha value is -6.26. The predicted molar refractivity (Wildman–Crippen MR) is 193 cm³/mol. The molecule has 2 aromatic heterocycles. The Morgan fingerprint density at radius 1 is 0.383 bits per heavy atom. The first-order valence-electron chi connectivity index (χ1n) is 15.8. The van der Waals surface area contributed by atoms with Crippen LogP contribution in [-0.4, -0.2) is 19.9 Å². The highest BCUT2D eigenvalue weighted by Gasteiger charge is 2.18. The number of aromatic nitrogens is 4. The van der Waals surface area contributed by atoms with E-state index in [9.17, 15) is 0 Å². The third-order valence-electron chi connectivity index (χ3n) is 9.03. The highest BCUT2D eigenvalue weighted by Crippen LogP contribution is 2.42. The van der Waals surface area contributed by atoms with Crippen molar-refractivity contribution in [2.24, 2.45) is 0 Å². The van der Waals surface area contributed by atoms with Crippen LogP contribution in [0.25, 0.3) is 88.7 Å². The molecular weight excluding hydrogens is 573 g/mol. The topological polar surface area (TPSA) is 51.6 Å². The summed E-state index contributed by atoms with van der Waals surface area (Å²) in [7, 11) is 0. The van der Waals surface area contributed by atoms with Gasteiger partial charge in [0.15, 0.2) is 17.5 Å². The monoisotopic (exact) mass is 600 g/mol. The van der Waals surface area contributed by atoms with Crippen LogP contribution in [0.5, 0.6) is 0 Å². The number of benzene rings is 7. The molecule has 9 rings (SSSR count). The molecule has 2 heterocycles. The van der Waals surface area contributed by atoms with Crippen LogP contribution in [0.4, 0.5) is 0 Å². The van der Waals surface area contributed by atoms with Gasteiger partial charge < -0.3 is 0 Å². The lowest BCUT2D eigenvalue weighted by atomic mass is 9.87. The number of rotatable bonds is 5. The lowest BCUT2D eigenvalue weighted by Gasteiger charge is -2.17. The third kappa shape index (κ3) is 4.70. The lowest BCUT2D eigenvalue weighted by molar-refractivity contribution is 1.07. The largest absolute Gasteiger partial charge is 0.261 e. The van der Waals surface area contributed by atoms with Crippen LogP contribution in [0.15, 0.2) is 152 Å². The molecule has 0 aliphatic carbocycles. The molecule has 0 saturated carbocycles. The van der Waals surface area contributed by atoms with Crippen molar-refractivity contribution in [3.8, 4) is 56.4 Å². The third-order valence-corrected chi connectivity index (χ3v) is 9.03. The van der Waals surface area contributed by atoms with E-state index in [4.69, 9.17) is 15.0 Å². The lowest BCUT2D eigenvalue weighted by Crippen LogP contribution is -2.00. The van der Waals surface area contributed by atoms with Crippen LogP contribution in [-0.2, 0) is 0 Å². The van der Waals surface area contributed by atoms with Crippen molar-refractivity contribution in [1.82, 2.24) is 19.9 Å². The number of aryl methyl sites for hydroxylation is 1. The van der Waals surface area contributed by atoms with Crippen LogP contribution in [0.3, 0.4) is 0 Å². The predicted octanol–water partition coefficient (Wildman–Crippen LogP) is 10.8. The van der Waals surface area contributed by atoms with Gasteiger partial charge in [0.05, 0.1) is 0 Å². The Kier molecular flexibility index (Phi) is 6.32. The minimum absolute atomic E-state index is 0.625. The second-order valence-electron chi connectivity index (χ2n) is 11.9. The molecule has 47 heavy (non-hydrogen) atoms. The van der Waals surface area contributed by atoms with Crippen molar-refractivity contribution in [1.29, 1.82) is 0 Å². The van der Waals surface area contributed by atoms with Gasteiger partial charge in [0.2, 0.25) is 0 Å². The van der Waals surface area contributed by atoms with Gasteiger partial charge in [-0.3, -0.25) is 4.98 Å². The molecule has 0 spiro atoms. The molecule has 220 valence electrons. The zero-order valence-corrected chi connectivity index (χ0v) is 25.7. The second kappa shape index (κ2) is 11.0. The standard InChI is InChI=1S/C43H28N4/c1-27-36(19-10-22-44-27)33-23-34(38-26-32-17-8-15-28-20-21-29-16-9-18-37(38)40(29)39(28)32)25-35(24-33)43-46-41(30-11-4-2-5-12-30)45-42(47-43)31-13-6-3-7-14-31/h2-26H,1H3. The molecule has 0 fully saturated rings. The van der Waals surface area contributed by atoms with Gasteiger partial charge in [0, 0.05) is 34.1 Å². The Morgan fingerprint density at radius 3 is 1.60 bits per heavy atom. The summed E-state index contributed by atoms with van der Waals surface area (Å²) in [6.45, 7) is 2.06. The molecule has 0 aliphatic rings. The van der Waals surface area contributed by atoms with E-state index in [0.29, 0.717) is 17.5 Å². The molecule has 4 heteroatoms. The van der Waals surface area contributed by atoms with Crippen LogP contribution >= 0.6 is 0 Å². The quantitative estimate of drug-likeness (QED) is 0.184. The molecule has 0 atom stereocenters. The van der Waals surface area contributed by atoms with Crippen LogP contribution < -0.4 is 0 Å². The molecule has 0 unspecified atom stereocenters. The summed E-state index contributed by atoms with van der Waals surface area (Å²) in [4.78, 5) is 19.8. The fourth-order valence-electron chi connectivity index (χ4n) is 6.80. The van der Waals surface area contributed by atoms with Crippen molar-refractivity contribution in [2.45, 2.75) is 6.92 Å². The Morgan fingerprint density at radius 2 is 0.936 bits per heavy atom. The van der Waals surface area contributed by atoms with E-state index in [-0.39, 0.29) is 0 Å². The van der Waals surface area contributed by atoms with Crippen molar-refractivity contribution in [3.63, 3.8) is 0 Å². The molecule has 7 aromatic carbocycles. The number of nitrogens with zero attached hydrogens (tertiary/aromatic N) is 4. The van der Waals surface area contributed by atoms with E-state index >= 15 is 0 Å².